The van der Waals surface area contributed by atoms with E-state index in [1.807, 2.05) is 30.3 Å². The molecule has 2 aromatic carbocycles. The quantitative estimate of drug-likeness (QED) is 0.609. The Hall–Kier alpha value is -2.58. The molecule has 1 aromatic heterocycles. The summed E-state index contributed by atoms with van der Waals surface area (Å²) < 4.78 is 19.1. The van der Waals surface area contributed by atoms with Crippen molar-refractivity contribution in [3.63, 3.8) is 0 Å². The summed E-state index contributed by atoms with van der Waals surface area (Å²) in [6, 6.07) is 13.9. The molecule has 1 amide bonds. The molecule has 4 rings (SSSR count). The minimum absolute atomic E-state index is 0.0406. The minimum atomic E-state index is -0.348. The van der Waals surface area contributed by atoms with Crippen LogP contribution < -0.4 is 5.32 Å². The number of rotatable bonds is 5. The van der Waals surface area contributed by atoms with Gasteiger partial charge in [0.25, 0.3) is 0 Å². The van der Waals surface area contributed by atoms with Gasteiger partial charge in [-0.15, -0.1) is 0 Å². The van der Waals surface area contributed by atoms with Crippen molar-refractivity contribution in [3.8, 4) is 11.4 Å². The van der Waals surface area contributed by atoms with Gasteiger partial charge in [0.15, 0.2) is 0 Å². The Kier molecular flexibility index (Phi) is 6.01. The molecule has 0 aliphatic carbocycles. The zero-order valence-corrected chi connectivity index (χ0v) is 17.2. The van der Waals surface area contributed by atoms with Crippen LogP contribution in [0.1, 0.15) is 18.7 Å². The van der Waals surface area contributed by atoms with Crippen LogP contribution in [-0.4, -0.2) is 34.0 Å². The van der Waals surface area contributed by atoms with Gasteiger partial charge in [-0.2, -0.15) is 4.98 Å². The molecule has 0 atom stereocenters. The van der Waals surface area contributed by atoms with Gasteiger partial charge in [0, 0.05) is 16.0 Å². The fourth-order valence-electron chi connectivity index (χ4n) is 3.39. The average Bonchev–Trinajstić information content (AvgIpc) is 3.20. The summed E-state index contributed by atoms with van der Waals surface area (Å²) in [4.78, 5) is 19.2. The van der Waals surface area contributed by atoms with Gasteiger partial charge in [-0.1, -0.05) is 35.5 Å². The third kappa shape index (κ3) is 4.89. The first-order valence-electron chi connectivity index (χ1n) is 9.45. The van der Waals surface area contributed by atoms with Gasteiger partial charge >= 0.3 is 0 Å². The Morgan fingerprint density at radius 2 is 1.97 bits per heavy atom. The number of hydrogen-bond donors (Lipinski definition) is 1. The molecular formula is C21H20BrFN4O2. The lowest BCUT2D eigenvalue weighted by molar-refractivity contribution is -0.121. The van der Waals surface area contributed by atoms with Gasteiger partial charge < -0.3 is 9.84 Å². The number of nitrogens with zero attached hydrogens (tertiary/aromatic N) is 3. The van der Waals surface area contributed by atoms with E-state index in [-0.39, 0.29) is 17.6 Å². The highest BCUT2D eigenvalue weighted by molar-refractivity contribution is 9.10. The summed E-state index contributed by atoms with van der Waals surface area (Å²) in [7, 11) is 0. The molecule has 3 aromatic rings. The molecule has 1 aliphatic heterocycles. The van der Waals surface area contributed by atoms with Crippen molar-refractivity contribution in [1.29, 1.82) is 0 Å². The van der Waals surface area contributed by atoms with Gasteiger partial charge in [0.05, 0.1) is 12.2 Å². The van der Waals surface area contributed by atoms with E-state index in [2.05, 4.69) is 36.3 Å². The number of aromatic nitrogens is 2. The molecule has 0 bridgehead atoms. The zero-order chi connectivity index (χ0) is 20.2. The molecule has 0 spiro atoms. The number of nitrogens with one attached hydrogen (secondary N) is 1. The highest BCUT2D eigenvalue weighted by Crippen LogP contribution is 2.26. The maximum Gasteiger partial charge on any atom is 0.241 e. The summed E-state index contributed by atoms with van der Waals surface area (Å²) in [6.07, 6.45) is 1.48. The van der Waals surface area contributed by atoms with Crippen LogP contribution in [0.4, 0.5) is 10.1 Å². The van der Waals surface area contributed by atoms with E-state index in [1.165, 1.54) is 12.1 Å². The number of halogens is 2. The van der Waals surface area contributed by atoms with Gasteiger partial charge in [-0.05, 0) is 60.1 Å². The fraction of sp³-hybridized carbons (Fsp3) is 0.286. The standard InChI is InChI=1S/C21H20BrFN4O2/c22-17-12-16(23)6-7-18(17)24-21(28)15-8-10-27(11-9-15)13-19-25-20(26-29-19)14-4-2-1-3-5-14/h1-7,12,15H,8-11,13H2,(H,24,28). The van der Waals surface area contributed by atoms with Gasteiger partial charge in [0.1, 0.15) is 5.82 Å². The van der Waals surface area contributed by atoms with E-state index < -0.39 is 0 Å². The number of benzene rings is 2. The second-order valence-electron chi connectivity index (χ2n) is 7.04. The number of carbonyl (C=O) groups excluding carboxylic acids is 1. The van der Waals surface area contributed by atoms with E-state index in [0.29, 0.717) is 28.4 Å². The summed E-state index contributed by atoms with van der Waals surface area (Å²) in [5.41, 5.74) is 1.50. The third-order valence-electron chi connectivity index (χ3n) is 5.01. The van der Waals surface area contributed by atoms with Crippen LogP contribution in [-0.2, 0) is 11.3 Å². The Labute approximate surface area is 176 Å². The highest BCUT2D eigenvalue weighted by Gasteiger charge is 2.26. The molecule has 1 N–H and O–H groups in total. The largest absolute Gasteiger partial charge is 0.338 e. The topological polar surface area (TPSA) is 71.3 Å². The monoisotopic (exact) mass is 458 g/mol. The summed E-state index contributed by atoms with van der Waals surface area (Å²) >= 11 is 3.28. The lowest BCUT2D eigenvalue weighted by Crippen LogP contribution is -2.37. The second-order valence-corrected chi connectivity index (χ2v) is 7.90. The van der Waals surface area contributed by atoms with Gasteiger partial charge in [0.2, 0.25) is 17.6 Å². The molecule has 0 unspecified atom stereocenters. The van der Waals surface area contributed by atoms with Crippen LogP contribution in [0.3, 0.4) is 0 Å². The first-order valence-corrected chi connectivity index (χ1v) is 10.2. The van der Waals surface area contributed by atoms with E-state index in [4.69, 9.17) is 4.52 Å². The summed E-state index contributed by atoms with van der Waals surface area (Å²) in [5, 5.41) is 6.93. The highest BCUT2D eigenvalue weighted by atomic mass is 79.9. The predicted molar refractivity (Wildman–Crippen MR) is 110 cm³/mol. The van der Waals surface area contributed by atoms with Crippen molar-refractivity contribution < 1.29 is 13.7 Å². The van der Waals surface area contributed by atoms with Crippen molar-refractivity contribution in [1.82, 2.24) is 15.0 Å². The molecule has 1 saturated heterocycles. The number of piperidine rings is 1. The van der Waals surface area contributed by atoms with Crippen molar-refractivity contribution in [3.05, 3.63) is 64.7 Å². The molecule has 6 nitrogen and oxygen atoms in total. The Balaban J connectivity index is 1.29. The molecule has 1 fully saturated rings. The first-order chi connectivity index (χ1) is 14.1. The third-order valence-corrected chi connectivity index (χ3v) is 5.66. The predicted octanol–water partition coefficient (Wildman–Crippen LogP) is 4.49. The van der Waals surface area contributed by atoms with Gasteiger partial charge in [-0.3, -0.25) is 9.69 Å². The van der Waals surface area contributed by atoms with E-state index >= 15 is 0 Å². The number of likely N-dealkylation sites (tertiary alicyclic amines) is 1. The van der Waals surface area contributed by atoms with Crippen molar-refractivity contribution in [2.24, 2.45) is 5.92 Å². The molecule has 0 radical (unpaired) electrons. The number of carbonyl (C=O) groups is 1. The normalized spacial score (nSPS) is 15.4. The smallest absolute Gasteiger partial charge is 0.241 e. The number of anilines is 1. The van der Waals surface area contributed by atoms with Crippen LogP contribution in [0.2, 0.25) is 0 Å². The molecule has 2 heterocycles. The lowest BCUT2D eigenvalue weighted by atomic mass is 9.96. The van der Waals surface area contributed by atoms with Crippen molar-refractivity contribution >= 4 is 27.5 Å². The molecular weight excluding hydrogens is 439 g/mol. The van der Waals surface area contributed by atoms with Crippen LogP contribution in [0, 0.1) is 11.7 Å². The van der Waals surface area contributed by atoms with Crippen LogP contribution in [0.5, 0.6) is 0 Å². The number of amides is 1. The maximum absolute atomic E-state index is 13.2. The molecule has 1 aliphatic rings. The number of hydrogen-bond acceptors (Lipinski definition) is 5. The molecule has 29 heavy (non-hydrogen) atoms. The zero-order valence-electron chi connectivity index (χ0n) is 15.6. The molecule has 8 heteroatoms. The first kappa shape index (κ1) is 19.7. The molecule has 150 valence electrons. The molecule has 0 saturated carbocycles. The Morgan fingerprint density at radius 3 is 2.69 bits per heavy atom. The fourth-order valence-corrected chi connectivity index (χ4v) is 3.84. The van der Waals surface area contributed by atoms with Gasteiger partial charge in [-0.25, -0.2) is 4.39 Å². The average molecular weight is 459 g/mol. The minimum Gasteiger partial charge on any atom is -0.338 e. The summed E-state index contributed by atoms with van der Waals surface area (Å²) in [6.45, 7) is 2.11. The van der Waals surface area contributed by atoms with Crippen LogP contribution >= 0.6 is 15.9 Å². The van der Waals surface area contributed by atoms with E-state index in [1.54, 1.807) is 6.07 Å². The van der Waals surface area contributed by atoms with Crippen molar-refractivity contribution in [2.45, 2.75) is 19.4 Å². The maximum atomic E-state index is 13.2. The Bertz CT molecular complexity index is 987. The van der Waals surface area contributed by atoms with Crippen molar-refractivity contribution in [2.75, 3.05) is 18.4 Å². The van der Waals surface area contributed by atoms with Crippen LogP contribution in [0.15, 0.2) is 57.5 Å². The Morgan fingerprint density at radius 1 is 1.21 bits per heavy atom. The second kappa shape index (κ2) is 8.84. The van der Waals surface area contributed by atoms with Crippen LogP contribution in [0.25, 0.3) is 11.4 Å². The SMILES string of the molecule is O=C(Nc1ccc(F)cc1Br)C1CCN(Cc2nc(-c3ccccc3)no2)CC1. The van der Waals surface area contributed by atoms with E-state index in [0.717, 1.165) is 31.5 Å². The summed E-state index contributed by atoms with van der Waals surface area (Å²) in [5.74, 6) is 0.688. The lowest BCUT2D eigenvalue weighted by Gasteiger charge is -2.30. The van der Waals surface area contributed by atoms with E-state index in [9.17, 15) is 9.18 Å².